The summed E-state index contributed by atoms with van der Waals surface area (Å²) in [6, 6.07) is 11.6. The molecule has 0 saturated carbocycles. The molecule has 0 fully saturated rings. The van der Waals surface area contributed by atoms with E-state index in [1.165, 1.54) is 11.0 Å². The highest BCUT2D eigenvalue weighted by Gasteiger charge is 2.19. The number of nitrogens with one attached hydrogen (secondary N) is 1. The third kappa shape index (κ3) is 4.44. The quantitative estimate of drug-likeness (QED) is 0.905. The van der Waals surface area contributed by atoms with Crippen LogP contribution in [0.15, 0.2) is 42.5 Å². The molecule has 2 rings (SSSR count). The van der Waals surface area contributed by atoms with Crippen molar-refractivity contribution in [3.05, 3.63) is 59.4 Å². The fourth-order valence-electron chi connectivity index (χ4n) is 2.56. The fourth-order valence-corrected chi connectivity index (χ4v) is 2.56. The van der Waals surface area contributed by atoms with Gasteiger partial charge in [-0.15, -0.1) is 0 Å². The highest BCUT2D eigenvalue weighted by molar-refractivity contribution is 5.95. The maximum Gasteiger partial charge on any atom is 0.253 e. The number of hydrogen-bond donors (Lipinski definition) is 1. The molecule has 2 aromatic carbocycles. The molecule has 2 aromatic rings. The lowest BCUT2D eigenvalue weighted by atomic mass is 10.0. The van der Waals surface area contributed by atoms with E-state index in [0.717, 1.165) is 11.1 Å². The monoisotopic (exact) mass is 342 g/mol. The lowest BCUT2D eigenvalue weighted by Gasteiger charge is -2.24. The number of halogens is 1. The average Bonchev–Trinajstić information content (AvgIpc) is 2.62. The molecule has 1 N–H and O–H groups in total. The van der Waals surface area contributed by atoms with Crippen LogP contribution in [-0.2, 0) is 4.79 Å². The summed E-state index contributed by atoms with van der Waals surface area (Å²) >= 11 is 0. The van der Waals surface area contributed by atoms with E-state index in [9.17, 15) is 14.0 Å². The predicted molar refractivity (Wildman–Crippen MR) is 96.8 cm³/mol. The first-order valence-electron chi connectivity index (χ1n) is 8.17. The maximum absolute atomic E-state index is 14.0. The topological polar surface area (TPSA) is 49.4 Å². The van der Waals surface area contributed by atoms with Crippen molar-refractivity contribution in [3.63, 3.8) is 0 Å². The number of benzene rings is 2. The summed E-state index contributed by atoms with van der Waals surface area (Å²) in [5.41, 5.74) is 2.71. The van der Waals surface area contributed by atoms with E-state index in [2.05, 4.69) is 5.32 Å². The Labute approximate surface area is 147 Å². The third-order valence-electron chi connectivity index (χ3n) is 4.31. The van der Waals surface area contributed by atoms with Gasteiger partial charge in [-0.1, -0.05) is 23.8 Å². The van der Waals surface area contributed by atoms with Crippen LogP contribution in [0, 0.1) is 12.7 Å². The van der Waals surface area contributed by atoms with E-state index < -0.39 is 0 Å². The minimum absolute atomic E-state index is 0.113. The average molecular weight is 342 g/mol. The van der Waals surface area contributed by atoms with Crippen molar-refractivity contribution in [3.8, 4) is 11.1 Å². The van der Waals surface area contributed by atoms with Gasteiger partial charge in [0, 0.05) is 37.7 Å². The molecule has 0 bridgehead atoms. The highest BCUT2D eigenvalue weighted by atomic mass is 19.1. The standard InChI is InChI=1S/C20H23FN2O2/c1-13-5-10-18(21)17(11-13)15-6-8-16(9-7-15)20(25)23(4)14(2)12-19(24)22-3/h5-11,14H,12H2,1-4H3,(H,22,24). The molecule has 0 aliphatic rings. The van der Waals surface area contributed by atoms with Gasteiger partial charge in [0.25, 0.3) is 5.91 Å². The Hall–Kier alpha value is -2.69. The molecule has 0 spiro atoms. The number of amides is 2. The molecule has 0 heterocycles. The Morgan fingerprint density at radius 3 is 2.40 bits per heavy atom. The van der Waals surface area contributed by atoms with E-state index in [4.69, 9.17) is 0 Å². The molecule has 4 nitrogen and oxygen atoms in total. The fraction of sp³-hybridized carbons (Fsp3) is 0.300. The van der Waals surface area contributed by atoms with Crippen LogP contribution in [-0.4, -0.2) is 36.9 Å². The van der Waals surface area contributed by atoms with Crippen molar-refractivity contribution in [2.24, 2.45) is 0 Å². The molecule has 25 heavy (non-hydrogen) atoms. The number of aryl methyl sites for hydroxylation is 1. The van der Waals surface area contributed by atoms with Crippen molar-refractivity contribution in [1.82, 2.24) is 10.2 Å². The molecular weight excluding hydrogens is 319 g/mol. The molecule has 0 aromatic heterocycles. The summed E-state index contributed by atoms with van der Waals surface area (Å²) in [7, 11) is 3.24. The number of nitrogens with zero attached hydrogens (tertiary/aromatic N) is 1. The smallest absolute Gasteiger partial charge is 0.253 e. The molecule has 1 unspecified atom stereocenters. The van der Waals surface area contributed by atoms with E-state index in [-0.39, 0.29) is 30.1 Å². The summed E-state index contributed by atoms with van der Waals surface area (Å²) in [6.45, 7) is 3.73. The van der Waals surface area contributed by atoms with Gasteiger partial charge in [-0.2, -0.15) is 0 Å². The van der Waals surface area contributed by atoms with Crippen LogP contribution in [0.3, 0.4) is 0 Å². The molecule has 132 valence electrons. The summed E-state index contributed by atoms with van der Waals surface area (Å²) < 4.78 is 14.0. The van der Waals surface area contributed by atoms with Crippen molar-refractivity contribution in [2.45, 2.75) is 26.3 Å². The lowest BCUT2D eigenvalue weighted by molar-refractivity contribution is -0.121. The number of rotatable bonds is 5. The van der Waals surface area contributed by atoms with Gasteiger partial charge in [-0.25, -0.2) is 4.39 Å². The van der Waals surface area contributed by atoms with Crippen LogP contribution in [0.4, 0.5) is 4.39 Å². The van der Waals surface area contributed by atoms with E-state index in [0.29, 0.717) is 11.1 Å². The normalized spacial score (nSPS) is 11.7. The van der Waals surface area contributed by atoms with Crippen molar-refractivity contribution in [2.75, 3.05) is 14.1 Å². The Kier molecular flexibility index (Phi) is 5.91. The van der Waals surface area contributed by atoms with Crippen LogP contribution >= 0.6 is 0 Å². The Morgan fingerprint density at radius 1 is 1.16 bits per heavy atom. The van der Waals surface area contributed by atoms with Gasteiger partial charge in [0.15, 0.2) is 0 Å². The third-order valence-corrected chi connectivity index (χ3v) is 4.31. The number of carbonyl (C=O) groups is 2. The largest absolute Gasteiger partial charge is 0.359 e. The molecule has 0 saturated heterocycles. The Balaban J connectivity index is 2.17. The van der Waals surface area contributed by atoms with Crippen LogP contribution in [0.25, 0.3) is 11.1 Å². The summed E-state index contributed by atoms with van der Waals surface area (Å²) in [4.78, 5) is 25.5. The predicted octanol–water partition coefficient (Wildman–Crippen LogP) is 3.40. The first kappa shape index (κ1) is 18.6. The molecule has 2 amide bonds. The first-order chi connectivity index (χ1) is 11.8. The number of hydrogen-bond acceptors (Lipinski definition) is 2. The van der Waals surface area contributed by atoms with Gasteiger partial charge < -0.3 is 10.2 Å². The zero-order valence-corrected chi connectivity index (χ0v) is 15.0. The molecule has 1 atom stereocenters. The summed E-state index contributed by atoms with van der Waals surface area (Å²) in [6.07, 6.45) is 0.241. The van der Waals surface area contributed by atoms with Gasteiger partial charge in [0.05, 0.1) is 0 Å². The van der Waals surface area contributed by atoms with Gasteiger partial charge in [-0.3, -0.25) is 9.59 Å². The zero-order valence-electron chi connectivity index (χ0n) is 15.0. The van der Waals surface area contributed by atoms with Crippen molar-refractivity contribution in [1.29, 1.82) is 0 Å². The van der Waals surface area contributed by atoms with E-state index >= 15 is 0 Å². The maximum atomic E-state index is 14.0. The van der Waals surface area contributed by atoms with Gasteiger partial charge in [0.1, 0.15) is 5.82 Å². The van der Waals surface area contributed by atoms with Crippen LogP contribution < -0.4 is 5.32 Å². The van der Waals surface area contributed by atoms with Gasteiger partial charge in [-0.05, 0) is 43.7 Å². The molecule has 0 radical (unpaired) electrons. The summed E-state index contributed by atoms with van der Waals surface area (Å²) in [5, 5.41) is 2.55. The number of carbonyl (C=O) groups excluding carboxylic acids is 2. The van der Waals surface area contributed by atoms with E-state index in [1.807, 2.05) is 13.8 Å². The summed E-state index contributed by atoms with van der Waals surface area (Å²) in [5.74, 6) is -0.578. The minimum atomic E-state index is -0.291. The van der Waals surface area contributed by atoms with Crippen LogP contribution in [0.5, 0.6) is 0 Å². The van der Waals surface area contributed by atoms with Crippen molar-refractivity contribution >= 4 is 11.8 Å². The van der Waals surface area contributed by atoms with E-state index in [1.54, 1.807) is 50.5 Å². The van der Waals surface area contributed by atoms with Crippen molar-refractivity contribution < 1.29 is 14.0 Å². The molecular formula is C20H23FN2O2. The Bertz CT molecular complexity index is 772. The molecule has 0 aliphatic carbocycles. The van der Waals surface area contributed by atoms with Crippen LogP contribution in [0.2, 0.25) is 0 Å². The van der Waals surface area contributed by atoms with Crippen LogP contribution in [0.1, 0.15) is 29.3 Å². The second-order valence-corrected chi connectivity index (χ2v) is 6.20. The molecule has 0 aliphatic heterocycles. The van der Waals surface area contributed by atoms with Gasteiger partial charge in [0.2, 0.25) is 5.91 Å². The first-order valence-corrected chi connectivity index (χ1v) is 8.17. The zero-order chi connectivity index (χ0) is 18.6. The van der Waals surface area contributed by atoms with Gasteiger partial charge >= 0.3 is 0 Å². The highest BCUT2D eigenvalue weighted by Crippen LogP contribution is 2.24. The second kappa shape index (κ2) is 7.92. The minimum Gasteiger partial charge on any atom is -0.359 e. The SMILES string of the molecule is CNC(=O)CC(C)N(C)C(=O)c1ccc(-c2cc(C)ccc2F)cc1. The lowest BCUT2D eigenvalue weighted by Crippen LogP contribution is -2.38. The molecule has 5 heteroatoms. The Morgan fingerprint density at radius 2 is 1.80 bits per heavy atom. The second-order valence-electron chi connectivity index (χ2n) is 6.20.